The fourth-order valence-electron chi connectivity index (χ4n) is 6.12. The number of anilines is 1. The van der Waals surface area contributed by atoms with E-state index in [2.05, 4.69) is 15.0 Å². The summed E-state index contributed by atoms with van der Waals surface area (Å²) in [6, 6.07) is 23.8. The maximum atomic E-state index is 16.1. The molecule has 8 bridgehead atoms. The van der Waals surface area contributed by atoms with Gasteiger partial charge < -0.3 is 26.2 Å². The number of hydrogen-bond donors (Lipinski definition) is 4. The van der Waals surface area contributed by atoms with Crippen LogP contribution in [0, 0.1) is 23.3 Å². The Hall–Kier alpha value is -6.60. The number of nitrogens with zero attached hydrogens (tertiary/aromatic N) is 2. The molecule has 2 aliphatic rings. The molecule has 1 amide bonds. The van der Waals surface area contributed by atoms with Crippen molar-refractivity contribution in [1.29, 1.82) is 0 Å². The Labute approximate surface area is 302 Å². The highest BCUT2D eigenvalue weighted by Gasteiger charge is 2.30. The number of H-pyrrole nitrogens is 2. The quantitative estimate of drug-likeness (QED) is 0.0734. The summed E-state index contributed by atoms with van der Waals surface area (Å²) in [4.78, 5) is 26.6. The Morgan fingerprint density at radius 1 is 0.679 bits per heavy atom. The number of carbonyl (C=O) groups is 1. The number of rotatable bonds is 7. The van der Waals surface area contributed by atoms with E-state index in [1.165, 1.54) is 18.2 Å². The van der Waals surface area contributed by atoms with Crippen LogP contribution in [0.5, 0.6) is 5.75 Å². The molecule has 3 aromatic carbocycles. The van der Waals surface area contributed by atoms with Crippen molar-refractivity contribution in [1.82, 2.24) is 19.9 Å². The molecule has 13 heteroatoms. The van der Waals surface area contributed by atoms with Gasteiger partial charge >= 0.3 is 0 Å². The van der Waals surface area contributed by atoms with Crippen LogP contribution in [0.3, 0.4) is 0 Å². The van der Waals surface area contributed by atoms with Gasteiger partial charge in [-0.05, 0) is 90.5 Å². The molecule has 0 spiro atoms. The summed E-state index contributed by atoms with van der Waals surface area (Å²) >= 11 is 0.497. The second-order valence-electron chi connectivity index (χ2n) is 12.1. The summed E-state index contributed by atoms with van der Waals surface area (Å²) in [5.74, 6) is -6.39. The second-order valence-corrected chi connectivity index (χ2v) is 13.1. The SMILES string of the molecule is NC(=O)COc1ccc(-c2c3nc(cc4ccc([nH]4)c(-c4c(F)c(F)c(Sc5ccccc5N)c(F)c4F)c4nc(cc5ccc2[nH]5)C=C4)C=C3)cc1. The van der Waals surface area contributed by atoms with Crippen molar-refractivity contribution >= 4 is 69.7 Å². The molecular weight excluding hydrogens is 705 g/mol. The summed E-state index contributed by atoms with van der Waals surface area (Å²) < 4.78 is 69.2. The molecule has 0 atom stereocenters. The zero-order valence-electron chi connectivity index (χ0n) is 27.4. The average Bonchev–Trinajstić information content (AvgIpc) is 3.98. The summed E-state index contributed by atoms with van der Waals surface area (Å²) in [6.07, 6.45) is 6.82. The number of aromatic amines is 2. The van der Waals surface area contributed by atoms with Crippen LogP contribution in [0.2, 0.25) is 0 Å². The number of halogens is 4. The van der Waals surface area contributed by atoms with Gasteiger partial charge in [0.25, 0.3) is 5.91 Å². The van der Waals surface area contributed by atoms with Crippen LogP contribution in [0.25, 0.3) is 68.6 Å². The monoisotopic (exact) mass is 730 g/mol. The highest BCUT2D eigenvalue weighted by Crippen LogP contribution is 2.42. The smallest absolute Gasteiger partial charge is 0.255 e. The lowest BCUT2D eigenvalue weighted by molar-refractivity contribution is -0.119. The van der Waals surface area contributed by atoms with Gasteiger partial charge in [0.1, 0.15) is 5.75 Å². The van der Waals surface area contributed by atoms with E-state index < -0.39 is 39.6 Å². The minimum atomic E-state index is -1.58. The molecule has 5 heterocycles. The molecule has 0 fully saturated rings. The first kappa shape index (κ1) is 33.5. The Bertz CT molecular complexity index is 2670. The van der Waals surface area contributed by atoms with E-state index in [1.807, 2.05) is 36.4 Å². The number of aromatic nitrogens is 4. The third-order valence-electron chi connectivity index (χ3n) is 8.53. The van der Waals surface area contributed by atoms with Crippen molar-refractivity contribution in [2.24, 2.45) is 5.73 Å². The number of ether oxygens (including phenoxy) is 1. The Kier molecular flexibility index (Phi) is 8.55. The van der Waals surface area contributed by atoms with Gasteiger partial charge in [0.15, 0.2) is 29.9 Å². The Balaban J connectivity index is 1.33. The Morgan fingerprint density at radius 2 is 1.25 bits per heavy atom. The highest BCUT2D eigenvalue weighted by atomic mass is 32.2. The second kappa shape index (κ2) is 13.5. The van der Waals surface area contributed by atoms with E-state index in [0.717, 1.165) is 16.6 Å². The molecule has 3 aromatic heterocycles. The third kappa shape index (κ3) is 6.42. The number of para-hydroxylation sites is 1. The van der Waals surface area contributed by atoms with Gasteiger partial charge in [-0.15, -0.1) is 0 Å². The van der Waals surface area contributed by atoms with Crippen molar-refractivity contribution in [2.45, 2.75) is 9.79 Å². The minimum Gasteiger partial charge on any atom is -0.484 e. The highest BCUT2D eigenvalue weighted by molar-refractivity contribution is 7.99. The first-order valence-electron chi connectivity index (χ1n) is 16.1. The summed E-state index contributed by atoms with van der Waals surface area (Å²) in [5.41, 5.74) is 15.6. The van der Waals surface area contributed by atoms with Crippen LogP contribution in [0.15, 0.2) is 94.7 Å². The molecule has 0 radical (unpaired) electrons. The van der Waals surface area contributed by atoms with Gasteiger partial charge in [0.2, 0.25) is 0 Å². The van der Waals surface area contributed by atoms with E-state index in [9.17, 15) is 4.79 Å². The van der Waals surface area contributed by atoms with Crippen molar-refractivity contribution in [3.63, 3.8) is 0 Å². The molecule has 53 heavy (non-hydrogen) atoms. The molecule has 0 aliphatic carbocycles. The van der Waals surface area contributed by atoms with Crippen LogP contribution in [-0.2, 0) is 4.79 Å². The molecule has 8 rings (SSSR count). The van der Waals surface area contributed by atoms with Crippen LogP contribution in [-0.4, -0.2) is 32.4 Å². The fraction of sp³-hybridized carbons (Fsp3) is 0.0250. The topological polar surface area (TPSA) is 136 Å². The minimum absolute atomic E-state index is 0.0763. The number of nitrogen functional groups attached to an aromatic ring is 1. The largest absolute Gasteiger partial charge is 0.484 e. The molecule has 0 unspecified atom stereocenters. The molecular formula is C40H26F4N6O2S. The zero-order valence-corrected chi connectivity index (χ0v) is 28.2. The number of hydrogen-bond acceptors (Lipinski definition) is 6. The lowest BCUT2D eigenvalue weighted by Gasteiger charge is -2.13. The lowest BCUT2D eigenvalue weighted by atomic mass is 10.0. The van der Waals surface area contributed by atoms with E-state index in [1.54, 1.807) is 54.6 Å². The first-order chi connectivity index (χ1) is 25.6. The van der Waals surface area contributed by atoms with Gasteiger partial charge in [0, 0.05) is 43.8 Å². The van der Waals surface area contributed by atoms with Gasteiger partial charge in [0.05, 0.1) is 33.2 Å². The number of amides is 1. The lowest BCUT2D eigenvalue weighted by Crippen LogP contribution is -2.19. The number of primary amides is 1. The van der Waals surface area contributed by atoms with E-state index in [0.29, 0.717) is 45.6 Å². The van der Waals surface area contributed by atoms with Gasteiger partial charge in [-0.3, -0.25) is 4.79 Å². The third-order valence-corrected chi connectivity index (χ3v) is 9.68. The fourth-order valence-corrected chi connectivity index (χ4v) is 7.03. The molecule has 6 N–H and O–H groups in total. The van der Waals surface area contributed by atoms with Crippen molar-refractivity contribution in [3.05, 3.63) is 131 Å². The van der Waals surface area contributed by atoms with Gasteiger partial charge in [-0.2, -0.15) is 0 Å². The predicted octanol–water partition coefficient (Wildman–Crippen LogP) is 9.14. The van der Waals surface area contributed by atoms with Crippen LogP contribution < -0.4 is 16.2 Å². The van der Waals surface area contributed by atoms with Crippen LogP contribution >= 0.6 is 11.8 Å². The molecule has 0 saturated carbocycles. The van der Waals surface area contributed by atoms with Gasteiger partial charge in [-0.1, -0.05) is 36.0 Å². The van der Waals surface area contributed by atoms with E-state index in [-0.39, 0.29) is 34.0 Å². The predicted molar refractivity (Wildman–Crippen MR) is 199 cm³/mol. The summed E-state index contributed by atoms with van der Waals surface area (Å²) in [6.45, 7) is -0.250. The number of nitrogens with two attached hydrogens (primary N) is 2. The standard InChI is InChI=1S/C40H26F4N6O2S/c41-36-35(37(42)39(44)40(38(36)43)53-31-4-2-1-3-26(31)45)34-29-15-9-23(49-29)17-21-7-13-27(47-21)33(20-5-11-25(12-6-20)52-19-32(46)51)28-14-8-22(48-28)18-24-10-16-30(34)50-24/h1-18,47,50H,19,45H2,(H2,46,51). The number of fused-ring (bicyclic) bond motifs is 8. The van der Waals surface area contributed by atoms with Crippen molar-refractivity contribution in [2.75, 3.05) is 12.3 Å². The zero-order chi connectivity index (χ0) is 36.8. The van der Waals surface area contributed by atoms with Crippen LogP contribution in [0.4, 0.5) is 23.2 Å². The van der Waals surface area contributed by atoms with Crippen molar-refractivity contribution < 1.29 is 27.1 Å². The molecule has 0 saturated heterocycles. The van der Waals surface area contributed by atoms with Crippen LogP contribution in [0.1, 0.15) is 22.8 Å². The van der Waals surface area contributed by atoms with E-state index in [4.69, 9.17) is 21.2 Å². The molecule has 6 aromatic rings. The van der Waals surface area contributed by atoms with Gasteiger partial charge in [-0.25, -0.2) is 27.5 Å². The molecule has 2 aliphatic heterocycles. The van der Waals surface area contributed by atoms with E-state index >= 15 is 17.6 Å². The normalized spacial score (nSPS) is 12.0. The molecule has 8 nitrogen and oxygen atoms in total. The average molecular weight is 731 g/mol. The summed E-state index contributed by atoms with van der Waals surface area (Å²) in [7, 11) is 0. The molecule has 262 valence electrons. The maximum Gasteiger partial charge on any atom is 0.255 e. The Morgan fingerprint density at radius 3 is 1.83 bits per heavy atom. The number of benzene rings is 3. The summed E-state index contributed by atoms with van der Waals surface area (Å²) in [5, 5.41) is 0. The van der Waals surface area contributed by atoms with Crippen molar-refractivity contribution in [3.8, 4) is 28.0 Å². The maximum absolute atomic E-state index is 16.1. The number of carbonyl (C=O) groups excluding carboxylic acids is 1. The number of nitrogens with one attached hydrogen (secondary N) is 2. The first-order valence-corrected chi connectivity index (χ1v) is 16.9.